The van der Waals surface area contributed by atoms with Crippen LogP contribution in [0.4, 0.5) is 0 Å². The monoisotopic (exact) mass is 299 g/mol. The maximum Gasteiger partial charge on any atom is 0.137 e. The van der Waals surface area contributed by atoms with Gasteiger partial charge in [0.15, 0.2) is 0 Å². The molecule has 14 heavy (non-hydrogen) atoms. The van der Waals surface area contributed by atoms with Gasteiger partial charge in [0.25, 0.3) is 0 Å². The lowest BCUT2D eigenvalue weighted by Gasteiger charge is -2.06. The molecule has 1 aliphatic carbocycles. The highest BCUT2D eigenvalue weighted by Gasteiger charge is 2.22. The van der Waals surface area contributed by atoms with Gasteiger partial charge in [0, 0.05) is 3.57 Å². The Bertz CT molecular complexity index is 379. The first-order chi connectivity index (χ1) is 6.79. The SMILES string of the molecule is N#Cc1cc(I)ccc1OCC1CC1. The molecule has 72 valence electrons. The van der Waals surface area contributed by atoms with Crippen LogP contribution in [0.5, 0.6) is 5.75 Å². The molecule has 0 saturated heterocycles. The van der Waals surface area contributed by atoms with Crippen molar-refractivity contribution >= 4 is 22.6 Å². The van der Waals surface area contributed by atoms with E-state index in [1.165, 1.54) is 12.8 Å². The van der Waals surface area contributed by atoms with Gasteiger partial charge < -0.3 is 4.74 Å². The van der Waals surface area contributed by atoms with Crippen LogP contribution >= 0.6 is 22.6 Å². The molecule has 1 saturated carbocycles. The van der Waals surface area contributed by atoms with E-state index >= 15 is 0 Å². The third-order valence-corrected chi connectivity index (χ3v) is 2.90. The second kappa shape index (κ2) is 4.18. The van der Waals surface area contributed by atoms with Crippen LogP contribution in [0.15, 0.2) is 18.2 Å². The molecule has 0 unspecified atom stereocenters. The van der Waals surface area contributed by atoms with Crippen LogP contribution in [0.2, 0.25) is 0 Å². The summed E-state index contributed by atoms with van der Waals surface area (Å²) >= 11 is 2.19. The van der Waals surface area contributed by atoms with Gasteiger partial charge in [-0.25, -0.2) is 0 Å². The van der Waals surface area contributed by atoms with Crippen molar-refractivity contribution in [1.82, 2.24) is 0 Å². The predicted molar refractivity (Wildman–Crippen MR) is 62.1 cm³/mol. The Kier molecular flexibility index (Phi) is 2.92. The van der Waals surface area contributed by atoms with E-state index in [2.05, 4.69) is 28.7 Å². The van der Waals surface area contributed by atoms with Crippen LogP contribution in [0.1, 0.15) is 18.4 Å². The summed E-state index contributed by atoms with van der Waals surface area (Å²) in [6.45, 7) is 0.759. The summed E-state index contributed by atoms with van der Waals surface area (Å²) in [5.41, 5.74) is 0.637. The van der Waals surface area contributed by atoms with E-state index in [0.717, 1.165) is 21.8 Å². The Morgan fingerprint density at radius 1 is 1.50 bits per heavy atom. The number of hydrogen-bond donors (Lipinski definition) is 0. The number of rotatable bonds is 3. The third-order valence-electron chi connectivity index (χ3n) is 2.23. The van der Waals surface area contributed by atoms with Gasteiger partial charge in [-0.1, -0.05) is 0 Å². The molecule has 0 heterocycles. The predicted octanol–water partition coefficient (Wildman–Crippen LogP) is 2.95. The molecule has 0 amide bonds. The van der Waals surface area contributed by atoms with Crippen LogP contribution in [0, 0.1) is 20.8 Å². The largest absolute Gasteiger partial charge is 0.492 e. The number of halogens is 1. The standard InChI is InChI=1S/C11H10INO/c12-10-3-4-11(9(5-10)6-13)14-7-8-1-2-8/h3-5,8H,1-2,7H2. The molecule has 1 fully saturated rings. The van der Waals surface area contributed by atoms with Gasteiger partial charge in [-0.15, -0.1) is 0 Å². The molecule has 0 spiro atoms. The fourth-order valence-corrected chi connectivity index (χ4v) is 1.70. The average Bonchev–Trinajstić information content (AvgIpc) is 2.99. The van der Waals surface area contributed by atoms with Gasteiger partial charge in [-0.05, 0) is 59.5 Å². The highest BCUT2D eigenvalue weighted by Crippen LogP contribution is 2.30. The Hall–Kier alpha value is -0.760. The lowest BCUT2D eigenvalue weighted by atomic mass is 10.2. The molecular weight excluding hydrogens is 289 g/mol. The van der Waals surface area contributed by atoms with Crippen molar-refractivity contribution in [3.63, 3.8) is 0 Å². The maximum atomic E-state index is 8.89. The summed E-state index contributed by atoms with van der Waals surface area (Å²) in [7, 11) is 0. The first-order valence-corrected chi connectivity index (χ1v) is 5.70. The Morgan fingerprint density at radius 3 is 2.93 bits per heavy atom. The zero-order valence-electron chi connectivity index (χ0n) is 7.66. The van der Waals surface area contributed by atoms with E-state index in [0.29, 0.717) is 5.56 Å². The van der Waals surface area contributed by atoms with E-state index in [1.807, 2.05) is 18.2 Å². The molecule has 0 radical (unpaired) electrons. The van der Waals surface area contributed by atoms with Crippen LogP contribution in [-0.4, -0.2) is 6.61 Å². The number of benzene rings is 1. The van der Waals surface area contributed by atoms with Crippen molar-refractivity contribution in [3.05, 3.63) is 27.3 Å². The zero-order valence-corrected chi connectivity index (χ0v) is 9.82. The van der Waals surface area contributed by atoms with E-state index in [-0.39, 0.29) is 0 Å². The van der Waals surface area contributed by atoms with E-state index in [4.69, 9.17) is 10.00 Å². The number of nitriles is 1. The van der Waals surface area contributed by atoms with Crippen molar-refractivity contribution in [2.75, 3.05) is 6.61 Å². The summed E-state index contributed by atoms with van der Waals surface area (Å²) in [6.07, 6.45) is 2.54. The summed E-state index contributed by atoms with van der Waals surface area (Å²) in [5, 5.41) is 8.89. The normalized spacial score (nSPS) is 14.9. The van der Waals surface area contributed by atoms with Crippen LogP contribution < -0.4 is 4.74 Å². The van der Waals surface area contributed by atoms with E-state index in [9.17, 15) is 0 Å². The zero-order chi connectivity index (χ0) is 9.97. The minimum absolute atomic E-state index is 0.637. The van der Waals surface area contributed by atoms with Gasteiger partial charge in [0.2, 0.25) is 0 Å². The lowest BCUT2D eigenvalue weighted by Crippen LogP contribution is -2.00. The average molecular weight is 299 g/mol. The maximum absolute atomic E-state index is 8.89. The number of hydrogen-bond acceptors (Lipinski definition) is 2. The minimum Gasteiger partial charge on any atom is -0.492 e. The highest BCUT2D eigenvalue weighted by atomic mass is 127. The summed E-state index contributed by atoms with van der Waals surface area (Å²) in [5.74, 6) is 1.45. The minimum atomic E-state index is 0.637. The highest BCUT2D eigenvalue weighted by molar-refractivity contribution is 14.1. The lowest BCUT2D eigenvalue weighted by molar-refractivity contribution is 0.299. The van der Waals surface area contributed by atoms with Crippen molar-refractivity contribution in [2.45, 2.75) is 12.8 Å². The molecule has 1 aromatic carbocycles. The number of ether oxygens (including phenoxy) is 1. The van der Waals surface area contributed by atoms with Gasteiger partial charge in [0.05, 0.1) is 12.2 Å². The molecule has 2 rings (SSSR count). The van der Waals surface area contributed by atoms with Crippen molar-refractivity contribution in [1.29, 1.82) is 5.26 Å². The van der Waals surface area contributed by atoms with E-state index in [1.54, 1.807) is 0 Å². The van der Waals surface area contributed by atoms with E-state index < -0.39 is 0 Å². The first-order valence-electron chi connectivity index (χ1n) is 4.62. The molecule has 1 aliphatic rings. The fourth-order valence-electron chi connectivity index (χ4n) is 1.21. The van der Waals surface area contributed by atoms with Crippen LogP contribution in [0.25, 0.3) is 0 Å². The smallest absolute Gasteiger partial charge is 0.137 e. The molecule has 0 bridgehead atoms. The van der Waals surface area contributed by atoms with Crippen molar-refractivity contribution < 1.29 is 4.74 Å². The number of nitrogens with zero attached hydrogens (tertiary/aromatic N) is 1. The van der Waals surface area contributed by atoms with Gasteiger partial charge in [0.1, 0.15) is 11.8 Å². The van der Waals surface area contributed by atoms with Gasteiger partial charge in [-0.2, -0.15) is 5.26 Å². The second-order valence-corrected chi connectivity index (χ2v) is 4.75. The topological polar surface area (TPSA) is 33.0 Å². The molecule has 0 N–H and O–H groups in total. The summed E-state index contributed by atoms with van der Waals surface area (Å²) in [4.78, 5) is 0. The Morgan fingerprint density at radius 2 is 2.29 bits per heavy atom. The Labute approximate surface area is 97.0 Å². The summed E-state index contributed by atoms with van der Waals surface area (Å²) < 4.78 is 6.65. The second-order valence-electron chi connectivity index (χ2n) is 3.51. The van der Waals surface area contributed by atoms with Gasteiger partial charge in [-0.3, -0.25) is 0 Å². The summed E-state index contributed by atoms with van der Waals surface area (Å²) in [6, 6.07) is 7.84. The molecule has 0 aliphatic heterocycles. The molecular formula is C11H10INO. The molecule has 1 aromatic rings. The van der Waals surface area contributed by atoms with Crippen LogP contribution in [-0.2, 0) is 0 Å². The molecule has 2 nitrogen and oxygen atoms in total. The van der Waals surface area contributed by atoms with Crippen molar-refractivity contribution in [2.24, 2.45) is 5.92 Å². The third kappa shape index (κ3) is 2.38. The molecule has 3 heteroatoms. The first kappa shape index (κ1) is 9.78. The van der Waals surface area contributed by atoms with Crippen LogP contribution in [0.3, 0.4) is 0 Å². The Balaban J connectivity index is 2.10. The molecule has 0 atom stereocenters. The fraction of sp³-hybridized carbons (Fsp3) is 0.364. The molecule has 0 aromatic heterocycles. The van der Waals surface area contributed by atoms with Crippen molar-refractivity contribution in [3.8, 4) is 11.8 Å². The van der Waals surface area contributed by atoms with Gasteiger partial charge >= 0.3 is 0 Å². The quantitative estimate of drug-likeness (QED) is 0.804.